The number of imidazole rings is 1. The number of aromatic nitrogens is 2. The van der Waals surface area contributed by atoms with Crippen molar-refractivity contribution in [2.75, 3.05) is 19.6 Å². The fourth-order valence-corrected chi connectivity index (χ4v) is 3.00. The molecular weight excluding hydrogens is 248 g/mol. The Morgan fingerprint density at radius 1 is 1.30 bits per heavy atom. The molecule has 20 heavy (non-hydrogen) atoms. The Balaban J connectivity index is 1.50. The molecule has 0 aliphatic carbocycles. The molecule has 1 N–H and O–H groups in total. The summed E-state index contributed by atoms with van der Waals surface area (Å²) in [5, 5.41) is 3.66. The highest BCUT2D eigenvalue weighted by Gasteiger charge is 2.18. The second-order valence-corrected chi connectivity index (χ2v) is 5.70. The molecule has 1 saturated heterocycles. The van der Waals surface area contributed by atoms with Gasteiger partial charge in [-0.2, -0.15) is 0 Å². The Morgan fingerprint density at radius 3 is 2.90 bits per heavy atom. The highest BCUT2D eigenvalue weighted by Crippen LogP contribution is 2.11. The van der Waals surface area contributed by atoms with Crippen LogP contribution in [0.2, 0.25) is 0 Å². The summed E-state index contributed by atoms with van der Waals surface area (Å²) in [4.78, 5) is 7.20. The maximum Gasteiger partial charge on any atom is 0.137 e. The summed E-state index contributed by atoms with van der Waals surface area (Å²) in [7, 11) is 0. The molecule has 0 unspecified atom stereocenters. The van der Waals surface area contributed by atoms with Crippen molar-refractivity contribution in [3.63, 3.8) is 0 Å². The first kappa shape index (κ1) is 13.6. The number of hydrogen-bond acceptors (Lipinski definition) is 3. The van der Waals surface area contributed by atoms with Crippen LogP contribution in [0.25, 0.3) is 5.65 Å². The van der Waals surface area contributed by atoms with Crippen molar-refractivity contribution >= 4 is 5.65 Å². The van der Waals surface area contributed by atoms with E-state index < -0.39 is 0 Å². The maximum absolute atomic E-state index is 4.63. The minimum Gasteiger partial charge on any atom is -0.308 e. The lowest BCUT2D eigenvalue weighted by Gasteiger charge is -2.32. The molecule has 2 aromatic rings. The molecule has 0 saturated carbocycles. The molecule has 3 heterocycles. The molecule has 0 radical (unpaired) electrons. The zero-order chi connectivity index (χ0) is 13.8. The first-order valence-electron chi connectivity index (χ1n) is 7.73. The Morgan fingerprint density at radius 2 is 2.15 bits per heavy atom. The molecule has 0 spiro atoms. The molecule has 4 nitrogen and oxygen atoms in total. The Kier molecular flexibility index (Phi) is 4.33. The van der Waals surface area contributed by atoms with Crippen molar-refractivity contribution < 1.29 is 0 Å². The number of likely N-dealkylation sites (tertiary alicyclic amines) is 1. The van der Waals surface area contributed by atoms with Crippen molar-refractivity contribution in [1.29, 1.82) is 0 Å². The molecule has 1 aliphatic heterocycles. The van der Waals surface area contributed by atoms with Gasteiger partial charge in [-0.3, -0.25) is 0 Å². The van der Waals surface area contributed by atoms with Crippen molar-refractivity contribution in [2.45, 2.75) is 38.8 Å². The Bertz CT molecular complexity index is 507. The molecule has 108 valence electrons. The number of pyridine rings is 1. The van der Waals surface area contributed by atoms with Crippen LogP contribution in [0.5, 0.6) is 0 Å². The molecule has 0 aromatic carbocycles. The van der Waals surface area contributed by atoms with E-state index in [1.807, 2.05) is 18.2 Å². The number of hydrogen-bond donors (Lipinski definition) is 1. The van der Waals surface area contributed by atoms with Gasteiger partial charge in [0.25, 0.3) is 0 Å². The zero-order valence-corrected chi connectivity index (χ0v) is 12.3. The fourth-order valence-electron chi connectivity index (χ4n) is 3.00. The quantitative estimate of drug-likeness (QED) is 0.906. The average Bonchev–Trinajstić information content (AvgIpc) is 2.90. The summed E-state index contributed by atoms with van der Waals surface area (Å²) < 4.78 is 2.08. The number of nitrogens with one attached hydrogen (secondary N) is 1. The first-order valence-corrected chi connectivity index (χ1v) is 7.73. The van der Waals surface area contributed by atoms with E-state index in [9.17, 15) is 0 Å². The van der Waals surface area contributed by atoms with Gasteiger partial charge in [-0.1, -0.05) is 13.0 Å². The van der Waals surface area contributed by atoms with Crippen LogP contribution in [0.4, 0.5) is 0 Å². The van der Waals surface area contributed by atoms with Gasteiger partial charge < -0.3 is 14.6 Å². The lowest BCUT2D eigenvalue weighted by Crippen LogP contribution is -2.42. The fraction of sp³-hybridized carbons (Fsp3) is 0.562. The predicted octanol–water partition coefficient (Wildman–Crippen LogP) is 2.30. The van der Waals surface area contributed by atoms with Crippen LogP contribution in [0, 0.1) is 0 Å². The predicted molar refractivity (Wildman–Crippen MR) is 81.8 cm³/mol. The first-order chi connectivity index (χ1) is 9.85. The summed E-state index contributed by atoms with van der Waals surface area (Å²) in [6.45, 7) is 6.85. The summed E-state index contributed by atoms with van der Waals surface area (Å²) in [5.41, 5.74) is 2.16. The van der Waals surface area contributed by atoms with Crippen LogP contribution < -0.4 is 5.32 Å². The second kappa shape index (κ2) is 6.37. The van der Waals surface area contributed by atoms with Gasteiger partial charge in [-0.25, -0.2) is 4.98 Å². The molecule has 3 rings (SSSR count). The average molecular weight is 272 g/mol. The minimum absolute atomic E-state index is 0.646. The van der Waals surface area contributed by atoms with Crippen LogP contribution in [-0.2, 0) is 6.54 Å². The van der Waals surface area contributed by atoms with Gasteiger partial charge in [-0.15, -0.1) is 0 Å². The van der Waals surface area contributed by atoms with Crippen molar-refractivity contribution in [1.82, 2.24) is 19.6 Å². The largest absolute Gasteiger partial charge is 0.308 e. The van der Waals surface area contributed by atoms with Crippen molar-refractivity contribution in [3.8, 4) is 0 Å². The van der Waals surface area contributed by atoms with E-state index in [0.29, 0.717) is 6.04 Å². The van der Waals surface area contributed by atoms with Crippen LogP contribution in [0.1, 0.15) is 31.9 Å². The van der Waals surface area contributed by atoms with E-state index in [4.69, 9.17) is 0 Å². The van der Waals surface area contributed by atoms with Gasteiger partial charge in [0, 0.05) is 25.0 Å². The topological polar surface area (TPSA) is 32.6 Å². The number of piperidine rings is 1. The van der Waals surface area contributed by atoms with Gasteiger partial charge >= 0.3 is 0 Å². The lowest BCUT2D eigenvalue weighted by molar-refractivity contribution is 0.197. The van der Waals surface area contributed by atoms with Crippen LogP contribution >= 0.6 is 0 Å². The SMILES string of the molecule is CCCN1CCC(NCc2cn3ccccc3n2)CC1. The van der Waals surface area contributed by atoms with Crippen LogP contribution in [0.15, 0.2) is 30.6 Å². The van der Waals surface area contributed by atoms with Gasteiger partial charge in [0.15, 0.2) is 0 Å². The Hall–Kier alpha value is -1.39. The lowest BCUT2D eigenvalue weighted by atomic mass is 10.0. The number of rotatable bonds is 5. The van der Waals surface area contributed by atoms with Crippen LogP contribution in [-0.4, -0.2) is 40.0 Å². The molecule has 0 amide bonds. The molecular formula is C16H24N4. The normalized spacial score (nSPS) is 17.9. The summed E-state index contributed by atoms with van der Waals surface area (Å²) >= 11 is 0. The summed E-state index contributed by atoms with van der Waals surface area (Å²) in [6.07, 6.45) is 7.95. The third-order valence-electron chi connectivity index (χ3n) is 4.11. The second-order valence-electron chi connectivity index (χ2n) is 5.70. The van der Waals surface area contributed by atoms with E-state index in [-0.39, 0.29) is 0 Å². The zero-order valence-electron chi connectivity index (χ0n) is 12.3. The summed E-state index contributed by atoms with van der Waals surface area (Å²) in [5.74, 6) is 0. The van der Waals surface area contributed by atoms with Crippen molar-refractivity contribution in [2.24, 2.45) is 0 Å². The van der Waals surface area contributed by atoms with E-state index >= 15 is 0 Å². The van der Waals surface area contributed by atoms with E-state index in [1.165, 1.54) is 38.9 Å². The van der Waals surface area contributed by atoms with E-state index in [0.717, 1.165) is 17.9 Å². The van der Waals surface area contributed by atoms with Gasteiger partial charge in [-0.05, 0) is 51.0 Å². The minimum atomic E-state index is 0.646. The smallest absolute Gasteiger partial charge is 0.137 e. The van der Waals surface area contributed by atoms with Gasteiger partial charge in [0.2, 0.25) is 0 Å². The number of fused-ring (bicyclic) bond motifs is 1. The van der Waals surface area contributed by atoms with Gasteiger partial charge in [0.1, 0.15) is 5.65 Å². The third-order valence-corrected chi connectivity index (χ3v) is 4.11. The monoisotopic (exact) mass is 272 g/mol. The van der Waals surface area contributed by atoms with Gasteiger partial charge in [0.05, 0.1) is 5.69 Å². The van der Waals surface area contributed by atoms with Crippen molar-refractivity contribution in [3.05, 3.63) is 36.3 Å². The molecule has 4 heteroatoms. The molecule has 2 aromatic heterocycles. The Labute approximate surface area is 120 Å². The highest BCUT2D eigenvalue weighted by atomic mass is 15.1. The summed E-state index contributed by atoms with van der Waals surface area (Å²) in [6, 6.07) is 6.76. The molecule has 1 aliphatic rings. The molecule has 1 fully saturated rings. The van der Waals surface area contributed by atoms with E-state index in [1.54, 1.807) is 0 Å². The number of nitrogens with zero attached hydrogens (tertiary/aromatic N) is 3. The maximum atomic E-state index is 4.63. The third kappa shape index (κ3) is 3.19. The van der Waals surface area contributed by atoms with Crippen LogP contribution in [0.3, 0.4) is 0 Å². The molecule has 0 bridgehead atoms. The highest BCUT2D eigenvalue weighted by molar-refractivity contribution is 5.39. The standard InChI is InChI=1S/C16H24N4/c1-2-8-19-10-6-14(7-11-19)17-12-15-13-20-9-4-3-5-16(20)18-15/h3-5,9,13-14,17H,2,6-8,10-12H2,1H3. The molecule has 0 atom stereocenters. The van der Waals surface area contributed by atoms with E-state index in [2.05, 4.69) is 38.9 Å².